The van der Waals surface area contributed by atoms with Gasteiger partial charge in [0.25, 0.3) is 0 Å². The summed E-state index contributed by atoms with van der Waals surface area (Å²) in [5.41, 5.74) is 2.05. The van der Waals surface area contributed by atoms with E-state index in [2.05, 4.69) is 20.4 Å². The van der Waals surface area contributed by atoms with Crippen LogP contribution in [0.2, 0.25) is 0 Å². The maximum absolute atomic E-state index is 12.6. The summed E-state index contributed by atoms with van der Waals surface area (Å²) < 4.78 is 1.71. The zero-order chi connectivity index (χ0) is 17.5. The monoisotopic (exact) mass is 336 g/mol. The molecular weight excluding hydrogens is 316 g/mol. The number of carbonyl (C=O) groups is 1. The third kappa shape index (κ3) is 4.63. The van der Waals surface area contributed by atoms with Gasteiger partial charge in [-0.1, -0.05) is 30.3 Å². The van der Waals surface area contributed by atoms with Gasteiger partial charge in [-0.25, -0.2) is 9.78 Å². The first kappa shape index (κ1) is 16.6. The van der Waals surface area contributed by atoms with Gasteiger partial charge in [0, 0.05) is 26.0 Å². The SMILES string of the molecule is CN(Cc1ccncc1)C(=O)NC(Cn1cncn1)c1ccccc1. The molecule has 0 fully saturated rings. The van der Waals surface area contributed by atoms with Crippen molar-refractivity contribution in [3.05, 3.63) is 78.6 Å². The molecule has 1 atom stereocenters. The summed E-state index contributed by atoms with van der Waals surface area (Å²) in [4.78, 5) is 22.2. The lowest BCUT2D eigenvalue weighted by atomic mass is 10.1. The highest BCUT2D eigenvalue weighted by Crippen LogP contribution is 2.15. The minimum Gasteiger partial charge on any atom is -0.329 e. The molecule has 25 heavy (non-hydrogen) atoms. The Bertz CT molecular complexity index is 776. The van der Waals surface area contributed by atoms with E-state index in [-0.39, 0.29) is 12.1 Å². The van der Waals surface area contributed by atoms with E-state index in [0.29, 0.717) is 13.1 Å². The highest BCUT2D eigenvalue weighted by Gasteiger charge is 2.18. The number of rotatable bonds is 6. The quantitative estimate of drug-likeness (QED) is 0.749. The molecule has 0 bridgehead atoms. The Morgan fingerprint density at radius 2 is 1.92 bits per heavy atom. The highest BCUT2D eigenvalue weighted by molar-refractivity contribution is 5.74. The van der Waals surface area contributed by atoms with Crippen LogP contribution in [0.25, 0.3) is 0 Å². The Hall–Kier alpha value is -3.22. The van der Waals surface area contributed by atoms with Crippen molar-refractivity contribution in [3.8, 4) is 0 Å². The molecule has 0 saturated heterocycles. The largest absolute Gasteiger partial charge is 0.329 e. The Kier molecular flexibility index (Phi) is 5.36. The third-order valence-corrected chi connectivity index (χ3v) is 3.85. The van der Waals surface area contributed by atoms with Crippen LogP contribution in [0.4, 0.5) is 4.79 Å². The summed E-state index contributed by atoms with van der Waals surface area (Å²) in [6.07, 6.45) is 6.57. The number of carbonyl (C=O) groups excluding carboxylic acids is 1. The second-order valence-electron chi connectivity index (χ2n) is 5.74. The van der Waals surface area contributed by atoms with Gasteiger partial charge in [-0.05, 0) is 23.3 Å². The van der Waals surface area contributed by atoms with E-state index in [1.165, 1.54) is 6.33 Å². The lowest BCUT2D eigenvalue weighted by Crippen LogP contribution is -2.40. The number of urea groups is 1. The van der Waals surface area contributed by atoms with Gasteiger partial charge >= 0.3 is 6.03 Å². The van der Waals surface area contributed by atoms with Crippen molar-refractivity contribution >= 4 is 6.03 Å². The number of benzene rings is 1. The van der Waals surface area contributed by atoms with Crippen molar-refractivity contribution in [2.75, 3.05) is 7.05 Å². The Labute approximate surface area is 146 Å². The molecule has 2 amide bonds. The van der Waals surface area contributed by atoms with Crippen LogP contribution < -0.4 is 5.32 Å². The van der Waals surface area contributed by atoms with Gasteiger partial charge < -0.3 is 10.2 Å². The average molecular weight is 336 g/mol. The Morgan fingerprint density at radius 1 is 1.16 bits per heavy atom. The minimum absolute atomic E-state index is 0.147. The van der Waals surface area contributed by atoms with Gasteiger partial charge in [-0.2, -0.15) is 5.10 Å². The lowest BCUT2D eigenvalue weighted by molar-refractivity contribution is 0.201. The Balaban J connectivity index is 1.69. The molecule has 1 aromatic carbocycles. The van der Waals surface area contributed by atoms with Crippen LogP contribution in [-0.2, 0) is 13.1 Å². The number of hydrogen-bond donors (Lipinski definition) is 1. The van der Waals surface area contributed by atoms with Gasteiger partial charge in [0.15, 0.2) is 0 Å². The number of nitrogens with zero attached hydrogens (tertiary/aromatic N) is 5. The van der Waals surface area contributed by atoms with Crippen molar-refractivity contribution in [1.82, 2.24) is 30.0 Å². The van der Waals surface area contributed by atoms with Gasteiger partial charge in [-0.3, -0.25) is 9.67 Å². The van der Waals surface area contributed by atoms with E-state index in [9.17, 15) is 4.79 Å². The minimum atomic E-state index is -0.199. The molecule has 0 aliphatic rings. The molecule has 128 valence electrons. The van der Waals surface area contributed by atoms with Crippen molar-refractivity contribution in [2.24, 2.45) is 0 Å². The van der Waals surface area contributed by atoms with E-state index >= 15 is 0 Å². The zero-order valence-corrected chi connectivity index (χ0v) is 14.0. The molecule has 3 aromatic rings. The van der Waals surface area contributed by atoms with Crippen LogP contribution in [0.1, 0.15) is 17.2 Å². The molecule has 0 spiro atoms. The molecule has 7 nitrogen and oxygen atoms in total. The van der Waals surface area contributed by atoms with Gasteiger partial charge in [0.1, 0.15) is 12.7 Å². The van der Waals surface area contributed by atoms with Crippen molar-refractivity contribution < 1.29 is 4.79 Å². The normalized spacial score (nSPS) is 11.7. The number of nitrogens with one attached hydrogen (secondary N) is 1. The van der Waals surface area contributed by atoms with Crippen LogP contribution in [-0.4, -0.2) is 37.7 Å². The third-order valence-electron chi connectivity index (χ3n) is 3.85. The molecule has 0 aliphatic carbocycles. The van der Waals surface area contributed by atoms with Crippen LogP contribution >= 0.6 is 0 Å². The fourth-order valence-corrected chi connectivity index (χ4v) is 2.53. The van der Waals surface area contributed by atoms with Gasteiger partial charge in [-0.15, -0.1) is 0 Å². The van der Waals surface area contributed by atoms with Crippen molar-refractivity contribution in [2.45, 2.75) is 19.1 Å². The molecule has 0 aliphatic heterocycles. The molecule has 2 aromatic heterocycles. The molecule has 1 N–H and O–H groups in total. The summed E-state index contributed by atoms with van der Waals surface area (Å²) in [6, 6.07) is 13.3. The number of aromatic nitrogens is 4. The molecule has 7 heteroatoms. The Morgan fingerprint density at radius 3 is 2.60 bits per heavy atom. The molecular formula is C18H20N6O. The van der Waals surface area contributed by atoms with Crippen molar-refractivity contribution in [1.29, 1.82) is 0 Å². The number of hydrogen-bond acceptors (Lipinski definition) is 4. The van der Waals surface area contributed by atoms with Crippen LogP contribution in [0.3, 0.4) is 0 Å². The molecule has 0 radical (unpaired) electrons. The fourth-order valence-electron chi connectivity index (χ4n) is 2.53. The van der Waals surface area contributed by atoms with Crippen LogP contribution in [0, 0.1) is 0 Å². The highest BCUT2D eigenvalue weighted by atomic mass is 16.2. The summed E-state index contributed by atoms with van der Waals surface area (Å²) in [5, 5.41) is 7.21. The van der Waals surface area contributed by atoms with E-state index in [0.717, 1.165) is 11.1 Å². The fraction of sp³-hybridized carbons (Fsp3) is 0.222. The second kappa shape index (κ2) is 8.05. The van der Waals surface area contributed by atoms with Gasteiger partial charge in [0.2, 0.25) is 0 Å². The van der Waals surface area contributed by atoms with Crippen LogP contribution in [0.5, 0.6) is 0 Å². The standard InChI is InChI=1S/C18H20N6O/c1-23(11-15-7-9-19-10-8-15)18(25)22-17(12-24-14-20-13-21-24)16-5-3-2-4-6-16/h2-10,13-14,17H,11-12H2,1H3,(H,22,25). The maximum atomic E-state index is 12.6. The summed E-state index contributed by atoms with van der Waals surface area (Å²) >= 11 is 0. The van der Waals surface area contributed by atoms with E-state index in [4.69, 9.17) is 0 Å². The molecule has 3 rings (SSSR count). The smallest absolute Gasteiger partial charge is 0.317 e. The number of amides is 2. The van der Waals surface area contributed by atoms with E-state index < -0.39 is 0 Å². The second-order valence-corrected chi connectivity index (χ2v) is 5.74. The maximum Gasteiger partial charge on any atom is 0.317 e. The topological polar surface area (TPSA) is 75.9 Å². The predicted octanol–water partition coefficient (Wildman–Crippen LogP) is 2.26. The van der Waals surface area contributed by atoms with Crippen molar-refractivity contribution in [3.63, 3.8) is 0 Å². The summed E-state index contributed by atoms with van der Waals surface area (Å²) in [6.45, 7) is 1.03. The predicted molar refractivity (Wildman–Crippen MR) is 93.4 cm³/mol. The molecule has 1 unspecified atom stereocenters. The average Bonchev–Trinajstić information content (AvgIpc) is 3.16. The summed E-state index contributed by atoms with van der Waals surface area (Å²) in [7, 11) is 1.77. The first-order chi connectivity index (χ1) is 12.2. The number of pyridine rings is 1. The van der Waals surface area contributed by atoms with Crippen LogP contribution in [0.15, 0.2) is 67.5 Å². The van der Waals surface area contributed by atoms with E-state index in [1.807, 2.05) is 42.5 Å². The van der Waals surface area contributed by atoms with Gasteiger partial charge in [0.05, 0.1) is 12.6 Å². The molecule has 2 heterocycles. The molecule has 0 saturated carbocycles. The summed E-state index contributed by atoms with van der Waals surface area (Å²) in [5.74, 6) is 0. The zero-order valence-electron chi connectivity index (χ0n) is 14.0. The first-order valence-electron chi connectivity index (χ1n) is 8.00. The lowest BCUT2D eigenvalue weighted by Gasteiger charge is -2.24. The first-order valence-corrected chi connectivity index (χ1v) is 8.00. The van der Waals surface area contributed by atoms with E-state index in [1.54, 1.807) is 35.4 Å².